The fraction of sp³-hybridized carbons (Fsp3) is 0.963. The number of nitrogens with one attached hydrogen (secondary N) is 1. The van der Waals surface area contributed by atoms with Gasteiger partial charge in [0.05, 0.1) is 12.2 Å². The van der Waals surface area contributed by atoms with Crippen molar-refractivity contribution in [2.75, 3.05) is 0 Å². The average molecular weight is 450 g/mol. The van der Waals surface area contributed by atoms with E-state index in [0.717, 1.165) is 51.4 Å². The minimum absolute atomic E-state index is 0.0850. The van der Waals surface area contributed by atoms with E-state index in [1.54, 1.807) is 0 Å². The Morgan fingerprint density at radius 1 is 1.03 bits per heavy atom. The summed E-state index contributed by atoms with van der Waals surface area (Å²) in [4.78, 5) is 11.3. The maximum absolute atomic E-state index is 11.5. The van der Waals surface area contributed by atoms with Crippen LogP contribution in [0.5, 0.6) is 0 Å². The Morgan fingerprint density at radius 3 is 2.41 bits per heavy atom. The van der Waals surface area contributed by atoms with Gasteiger partial charge in [0.25, 0.3) is 0 Å². The zero-order valence-corrected chi connectivity index (χ0v) is 20.9. The highest BCUT2D eigenvalue weighted by atomic mass is 16.4. The van der Waals surface area contributed by atoms with Crippen LogP contribution in [-0.4, -0.2) is 45.6 Å². The molecule has 4 saturated carbocycles. The van der Waals surface area contributed by atoms with Gasteiger partial charge in [-0.1, -0.05) is 34.6 Å². The molecule has 4 aliphatic carbocycles. The average Bonchev–Trinajstić information content (AvgIpc) is 3.06. The Balaban J connectivity index is 1.67. The molecule has 0 heterocycles. The minimum Gasteiger partial charge on any atom is -0.481 e. The zero-order valence-electron chi connectivity index (χ0n) is 20.9. The number of aliphatic carboxylic acids is 1. The number of aliphatic hydroxyl groups is 2. The highest BCUT2D eigenvalue weighted by molar-refractivity contribution is 5.66. The van der Waals surface area contributed by atoms with Crippen LogP contribution in [0.2, 0.25) is 0 Å². The van der Waals surface area contributed by atoms with E-state index < -0.39 is 5.97 Å². The second-order valence-corrected chi connectivity index (χ2v) is 12.8. The van der Waals surface area contributed by atoms with Crippen molar-refractivity contribution in [2.24, 2.45) is 46.3 Å². The lowest BCUT2D eigenvalue weighted by atomic mass is 9.42. The van der Waals surface area contributed by atoms with Crippen LogP contribution in [0.4, 0.5) is 0 Å². The molecule has 0 radical (unpaired) electrons. The fourth-order valence-electron chi connectivity index (χ4n) is 9.37. The molecule has 4 fully saturated rings. The first kappa shape index (κ1) is 24.5. The lowest BCUT2D eigenvalue weighted by molar-refractivity contribution is -0.183. The van der Waals surface area contributed by atoms with Crippen LogP contribution in [0.1, 0.15) is 92.4 Å². The first-order valence-electron chi connectivity index (χ1n) is 13.3. The molecule has 0 amide bonds. The van der Waals surface area contributed by atoms with Gasteiger partial charge in [-0.15, -0.1) is 0 Å². The number of fused-ring (bicyclic) bond motifs is 5. The lowest BCUT2D eigenvalue weighted by Gasteiger charge is -2.64. The standard InChI is InChI=1S/C27H47NO4/c1-15(2)28-23-14-21-25(22(30)13-17-12-18(29)10-11-26(17,21)4)20-8-7-19(27(20,23)5)16(3)6-9-24(31)32/h15-23,25,28-30H,6-14H2,1-5H3,(H,31,32)/t16-,17+,18?,19-,20+,21+,22?,23?,25+,26+,27-/m1/s1. The van der Waals surface area contributed by atoms with Crippen LogP contribution >= 0.6 is 0 Å². The van der Waals surface area contributed by atoms with Crippen LogP contribution in [0.25, 0.3) is 0 Å². The quantitative estimate of drug-likeness (QED) is 0.481. The highest BCUT2D eigenvalue weighted by Gasteiger charge is 2.65. The molecule has 0 spiro atoms. The number of rotatable bonds is 6. The van der Waals surface area contributed by atoms with Gasteiger partial charge in [0.15, 0.2) is 0 Å². The number of carboxylic acid groups (broad SMARTS) is 1. The van der Waals surface area contributed by atoms with Crippen LogP contribution in [0.3, 0.4) is 0 Å². The smallest absolute Gasteiger partial charge is 0.303 e. The molecule has 0 aromatic heterocycles. The maximum atomic E-state index is 11.5. The van der Waals surface area contributed by atoms with Crippen molar-refractivity contribution < 1.29 is 20.1 Å². The van der Waals surface area contributed by atoms with Crippen molar-refractivity contribution in [3.05, 3.63) is 0 Å². The molecule has 4 rings (SSSR count). The summed E-state index contributed by atoms with van der Waals surface area (Å²) < 4.78 is 0. The largest absolute Gasteiger partial charge is 0.481 e. The molecule has 3 unspecified atom stereocenters. The van der Waals surface area contributed by atoms with E-state index in [2.05, 4.69) is 39.9 Å². The predicted molar refractivity (Wildman–Crippen MR) is 126 cm³/mol. The number of carboxylic acids is 1. The van der Waals surface area contributed by atoms with E-state index in [-0.39, 0.29) is 29.5 Å². The Hall–Kier alpha value is -0.650. The van der Waals surface area contributed by atoms with E-state index in [4.69, 9.17) is 0 Å². The van der Waals surface area contributed by atoms with Gasteiger partial charge in [-0.3, -0.25) is 4.79 Å². The van der Waals surface area contributed by atoms with Crippen LogP contribution < -0.4 is 5.32 Å². The fourth-order valence-corrected chi connectivity index (χ4v) is 9.37. The predicted octanol–water partition coefficient (Wildman–Crippen LogP) is 4.45. The van der Waals surface area contributed by atoms with Crippen LogP contribution in [0, 0.1) is 46.3 Å². The van der Waals surface area contributed by atoms with Gasteiger partial charge in [0, 0.05) is 18.5 Å². The molecule has 0 bridgehead atoms. The second-order valence-electron chi connectivity index (χ2n) is 12.8. The van der Waals surface area contributed by atoms with Gasteiger partial charge in [0.1, 0.15) is 0 Å². The summed E-state index contributed by atoms with van der Waals surface area (Å²) >= 11 is 0. The molecular formula is C27H47NO4. The van der Waals surface area contributed by atoms with Gasteiger partial charge in [0.2, 0.25) is 0 Å². The van der Waals surface area contributed by atoms with Crippen molar-refractivity contribution in [1.82, 2.24) is 5.32 Å². The van der Waals surface area contributed by atoms with Crippen molar-refractivity contribution >= 4 is 5.97 Å². The molecule has 4 aliphatic rings. The number of aliphatic hydroxyl groups excluding tert-OH is 2. The molecule has 0 aliphatic heterocycles. The molecule has 32 heavy (non-hydrogen) atoms. The summed E-state index contributed by atoms with van der Waals surface area (Å²) in [5.74, 6) is 1.90. The molecule has 11 atom stereocenters. The Morgan fingerprint density at radius 2 is 1.75 bits per heavy atom. The van der Waals surface area contributed by atoms with E-state index >= 15 is 0 Å². The van der Waals surface area contributed by atoms with Crippen molar-refractivity contribution in [1.29, 1.82) is 0 Å². The molecule has 0 aromatic rings. The Bertz CT molecular complexity index is 697. The number of hydrogen-bond acceptors (Lipinski definition) is 4. The molecule has 5 heteroatoms. The van der Waals surface area contributed by atoms with E-state index in [1.807, 2.05) is 0 Å². The first-order chi connectivity index (χ1) is 15.0. The Kier molecular flexibility index (Phi) is 6.77. The summed E-state index contributed by atoms with van der Waals surface area (Å²) in [6.45, 7) is 11.7. The Labute approximate surface area is 194 Å². The molecular weight excluding hydrogens is 402 g/mol. The first-order valence-corrected chi connectivity index (χ1v) is 13.3. The summed E-state index contributed by atoms with van der Waals surface area (Å²) in [6, 6.07) is 0.790. The molecule has 184 valence electrons. The molecule has 0 saturated heterocycles. The van der Waals surface area contributed by atoms with Gasteiger partial charge in [-0.2, -0.15) is 0 Å². The van der Waals surface area contributed by atoms with Gasteiger partial charge < -0.3 is 20.6 Å². The number of hydrogen-bond donors (Lipinski definition) is 4. The summed E-state index contributed by atoms with van der Waals surface area (Å²) in [5, 5.41) is 35.1. The summed E-state index contributed by atoms with van der Waals surface area (Å²) in [7, 11) is 0. The van der Waals surface area contributed by atoms with Crippen LogP contribution in [-0.2, 0) is 4.79 Å². The molecule has 5 nitrogen and oxygen atoms in total. The van der Waals surface area contributed by atoms with Gasteiger partial charge in [-0.25, -0.2) is 0 Å². The van der Waals surface area contributed by atoms with Crippen molar-refractivity contribution in [3.63, 3.8) is 0 Å². The van der Waals surface area contributed by atoms with Crippen molar-refractivity contribution in [2.45, 2.75) is 117 Å². The summed E-state index contributed by atoms with van der Waals surface area (Å²) in [5.41, 5.74) is 0.288. The lowest BCUT2D eigenvalue weighted by Crippen LogP contribution is -2.65. The normalized spacial score (nSPS) is 49.2. The molecule has 4 N–H and O–H groups in total. The monoisotopic (exact) mass is 449 g/mol. The molecule has 0 aromatic carbocycles. The maximum Gasteiger partial charge on any atom is 0.303 e. The minimum atomic E-state index is -0.696. The van der Waals surface area contributed by atoms with E-state index in [9.17, 15) is 20.1 Å². The third-order valence-electron chi connectivity index (χ3n) is 10.9. The second kappa shape index (κ2) is 8.85. The van der Waals surface area contributed by atoms with E-state index in [0.29, 0.717) is 47.6 Å². The topological polar surface area (TPSA) is 89.8 Å². The van der Waals surface area contributed by atoms with Gasteiger partial charge >= 0.3 is 5.97 Å². The third kappa shape index (κ3) is 3.94. The van der Waals surface area contributed by atoms with E-state index in [1.165, 1.54) is 0 Å². The zero-order chi connectivity index (χ0) is 23.4. The van der Waals surface area contributed by atoms with Crippen molar-refractivity contribution in [3.8, 4) is 0 Å². The van der Waals surface area contributed by atoms with Gasteiger partial charge in [-0.05, 0) is 97.7 Å². The summed E-state index contributed by atoms with van der Waals surface area (Å²) in [6.07, 6.45) is 7.54. The number of carbonyl (C=O) groups is 1. The highest BCUT2D eigenvalue weighted by Crippen LogP contribution is 2.68. The van der Waals surface area contributed by atoms with Crippen LogP contribution in [0.15, 0.2) is 0 Å². The third-order valence-corrected chi connectivity index (χ3v) is 10.9. The SMILES string of the molecule is CC(C)NC1C[C@H]2[C@@H](C(O)C[C@@H]3CC(O)CC[C@@]32C)[C@@H]2CC[C@H]([C@H](C)CCC(=O)O)[C@@]12C.